The van der Waals surface area contributed by atoms with Crippen LogP contribution in [0.2, 0.25) is 0 Å². The van der Waals surface area contributed by atoms with E-state index in [0.717, 1.165) is 22.1 Å². The van der Waals surface area contributed by atoms with E-state index < -0.39 is 0 Å². The molecule has 0 bridgehead atoms. The molecule has 0 saturated heterocycles. The van der Waals surface area contributed by atoms with Crippen LogP contribution in [0.15, 0.2) is 51.4 Å². The van der Waals surface area contributed by atoms with Crippen LogP contribution in [0.4, 0.5) is 5.69 Å². The topological polar surface area (TPSA) is 42.0 Å². The van der Waals surface area contributed by atoms with E-state index in [1.54, 1.807) is 34.4 Å². The third-order valence-electron chi connectivity index (χ3n) is 2.88. The molecule has 0 fully saturated rings. The quantitative estimate of drug-likeness (QED) is 0.652. The molecule has 112 valence electrons. The molecule has 0 aliphatic rings. The van der Waals surface area contributed by atoms with Gasteiger partial charge in [-0.3, -0.25) is 4.79 Å². The number of anilines is 1. The van der Waals surface area contributed by atoms with E-state index in [0.29, 0.717) is 0 Å². The van der Waals surface area contributed by atoms with Gasteiger partial charge in [-0.2, -0.15) is 11.3 Å². The number of aromatic nitrogens is 1. The van der Waals surface area contributed by atoms with Crippen LogP contribution < -0.4 is 5.32 Å². The first kappa shape index (κ1) is 15.3. The Labute approximate surface area is 141 Å². The van der Waals surface area contributed by atoms with Gasteiger partial charge in [-0.25, -0.2) is 4.98 Å². The molecule has 6 heteroatoms. The van der Waals surface area contributed by atoms with Crippen LogP contribution in [0.5, 0.6) is 0 Å². The monoisotopic (exact) mass is 346 g/mol. The Morgan fingerprint density at radius 1 is 1.23 bits per heavy atom. The van der Waals surface area contributed by atoms with Crippen molar-refractivity contribution in [3.8, 4) is 10.6 Å². The Balaban J connectivity index is 1.59. The second-order valence-electron chi connectivity index (χ2n) is 4.65. The Hall–Kier alpha value is -1.63. The summed E-state index contributed by atoms with van der Waals surface area (Å²) < 4.78 is 0. The van der Waals surface area contributed by atoms with Crippen molar-refractivity contribution in [2.24, 2.45) is 0 Å². The van der Waals surface area contributed by atoms with Crippen LogP contribution >= 0.6 is 34.4 Å². The summed E-state index contributed by atoms with van der Waals surface area (Å²) in [5, 5.41) is 10.2. The molecule has 0 aliphatic carbocycles. The second-order valence-corrected chi connectivity index (χ2v) is 7.34. The van der Waals surface area contributed by atoms with Crippen molar-refractivity contribution in [3.05, 3.63) is 52.2 Å². The van der Waals surface area contributed by atoms with Gasteiger partial charge in [0.1, 0.15) is 5.01 Å². The highest BCUT2D eigenvalue weighted by atomic mass is 32.2. The zero-order valence-corrected chi connectivity index (χ0v) is 14.4. The predicted molar refractivity (Wildman–Crippen MR) is 95.7 cm³/mol. The molecule has 0 unspecified atom stereocenters. The first-order valence-corrected chi connectivity index (χ1v) is 9.49. The number of thioether (sulfide) groups is 1. The first-order chi connectivity index (χ1) is 10.7. The van der Waals surface area contributed by atoms with Crippen LogP contribution in [-0.4, -0.2) is 10.9 Å². The lowest BCUT2D eigenvalue weighted by Gasteiger charge is -2.03. The molecule has 3 nitrogen and oxygen atoms in total. The third kappa shape index (κ3) is 3.97. The zero-order chi connectivity index (χ0) is 15.4. The smallest absolute Gasteiger partial charge is 0.221 e. The number of nitrogens with zero attached hydrogens (tertiary/aromatic N) is 1. The number of nitrogens with one attached hydrogen (secondary N) is 1. The minimum absolute atomic E-state index is 0.0520. The number of rotatable bonds is 5. The molecule has 2 heterocycles. The third-order valence-corrected chi connectivity index (χ3v) is 5.55. The van der Waals surface area contributed by atoms with E-state index in [-0.39, 0.29) is 5.91 Å². The van der Waals surface area contributed by atoms with E-state index in [9.17, 15) is 4.79 Å². The van der Waals surface area contributed by atoms with Crippen LogP contribution in [0.25, 0.3) is 10.6 Å². The SMILES string of the molecule is CC(=O)Nc1ccc(SCc2csc(-c3ccsc3)n2)cc1. The number of thiophene rings is 1. The summed E-state index contributed by atoms with van der Waals surface area (Å²) in [4.78, 5) is 16.8. The van der Waals surface area contributed by atoms with Crippen molar-refractivity contribution < 1.29 is 4.79 Å². The number of thiazole rings is 1. The van der Waals surface area contributed by atoms with Gasteiger partial charge in [0.2, 0.25) is 5.91 Å². The lowest BCUT2D eigenvalue weighted by atomic mass is 10.3. The summed E-state index contributed by atoms with van der Waals surface area (Å²) in [5.74, 6) is 0.795. The number of carbonyl (C=O) groups is 1. The lowest BCUT2D eigenvalue weighted by Crippen LogP contribution is -2.05. The van der Waals surface area contributed by atoms with Gasteiger partial charge in [-0.15, -0.1) is 23.1 Å². The van der Waals surface area contributed by atoms with Crippen molar-refractivity contribution in [1.82, 2.24) is 4.98 Å². The molecule has 3 aromatic rings. The molecule has 22 heavy (non-hydrogen) atoms. The lowest BCUT2D eigenvalue weighted by molar-refractivity contribution is -0.114. The normalized spacial score (nSPS) is 10.6. The first-order valence-electron chi connectivity index (χ1n) is 6.68. The number of hydrogen-bond donors (Lipinski definition) is 1. The molecule has 3 rings (SSSR count). The molecular weight excluding hydrogens is 332 g/mol. The zero-order valence-electron chi connectivity index (χ0n) is 11.9. The van der Waals surface area contributed by atoms with E-state index in [2.05, 4.69) is 32.5 Å². The molecule has 0 spiro atoms. The van der Waals surface area contributed by atoms with Gasteiger partial charge < -0.3 is 5.32 Å². The highest BCUT2D eigenvalue weighted by Gasteiger charge is 2.06. The average molecular weight is 347 g/mol. The van der Waals surface area contributed by atoms with Crippen molar-refractivity contribution in [2.45, 2.75) is 17.6 Å². The van der Waals surface area contributed by atoms with Crippen LogP contribution in [0, 0.1) is 0 Å². The Morgan fingerprint density at radius 3 is 2.73 bits per heavy atom. The Kier molecular flexibility index (Phi) is 4.92. The highest BCUT2D eigenvalue weighted by molar-refractivity contribution is 7.98. The standard InChI is InChI=1S/C16H14N2OS3/c1-11(19)17-13-2-4-15(5-3-13)21-9-14-10-22-16(18-14)12-6-7-20-8-12/h2-8,10H,9H2,1H3,(H,17,19). The van der Waals surface area contributed by atoms with E-state index in [1.165, 1.54) is 17.4 Å². The molecule has 0 radical (unpaired) electrons. The molecule has 0 aliphatic heterocycles. The largest absolute Gasteiger partial charge is 0.326 e. The maximum Gasteiger partial charge on any atom is 0.221 e. The molecule has 1 N–H and O–H groups in total. The van der Waals surface area contributed by atoms with Gasteiger partial charge in [0.25, 0.3) is 0 Å². The number of amides is 1. The number of benzene rings is 1. The number of carbonyl (C=O) groups excluding carboxylic acids is 1. The molecule has 1 amide bonds. The van der Waals surface area contributed by atoms with Gasteiger partial charge in [0.05, 0.1) is 5.69 Å². The van der Waals surface area contributed by atoms with E-state index in [1.807, 2.05) is 24.3 Å². The minimum Gasteiger partial charge on any atom is -0.326 e. The van der Waals surface area contributed by atoms with Crippen LogP contribution in [-0.2, 0) is 10.5 Å². The molecule has 0 saturated carbocycles. The summed E-state index contributed by atoms with van der Waals surface area (Å²) in [6.45, 7) is 1.51. The van der Waals surface area contributed by atoms with Crippen molar-refractivity contribution >= 4 is 46.0 Å². The Morgan fingerprint density at radius 2 is 2.05 bits per heavy atom. The maximum absolute atomic E-state index is 11.0. The summed E-state index contributed by atoms with van der Waals surface area (Å²) in [5.41, 5.74) is 3.12. The highest BCUT2D eigenvalue weighted by Crippen LogP contribution is 2.29. The van der Waals surface area contributed by atoms with Gasteiger partial charge in [0, 0.05) is 39.6 Å². The van der Waals surface area contributed by atoms with Gasteiger partial charge in [-0.05, 0) is 35.7 Å². The van der Waals surface area contributed by atoms with Crippen molar-refractivity contribution in [1.29, 1.82) is 0 Å². The number of hydrogen-bond acceptors (Lipinski definition) is 5. The van der Waals surface area contributed by atoms with Gasteiger partial charge in [0.15, 0.2) is 0 Å². The fraction of sp³-hybridized carbons (Fsp3) is 0.125. The summed E-state index contributed by atoms with van der Waals surface area (Å²) in [7, 11) is 0. The Bertz CT molecular complexity index is 748. The van der Waals surface area contributed by atoms with Gasteiger partial charge in [-0.1, -0.05) is 0 Å². The van der Waals surface area contributed by atoms with Crippen LogP contribution in [0.3, 0.4) is 0 Å². The summed E-state index contributed by atoms with van der Waals surface area (Å²) >= 11 is 5.12. The molecular formula is C16H14N2OS3. The van der Waals surface area contributed by atoms with Gasteiger partial charge >= 0.3 is 0 Å². The maximum atomic E-state index is 11.0. The van der Waals surface area contributed by atoms with E-state index >= 15 is 0 Å². The predicted octanol–water partition coefficient (Wildman–Crippen LogP) is 5.12. The average Bonchev–Trinajstić information content (AvgIpc) is 3.17. The van der Waals surface area contributed by atoms with E-state index in [4.69, 9.17) is 0 Å². The van der Waals surface area contributed by atoms with Crippen molar-refractivity contribution in [3.63, 3.8) is 0 Å². The summed E-state index contributed by atoms with van der Waals surface area (Å²) in [6, 6.07) is 9.97. The molecule has 0 atom stereocenters. The summed E-state index contributed by atoms with van der Waals surface area (Å²) in [6.07, 6.45) is 0. The minimum atomic E-state index is -0.0520. The van der Waals surface area contributed by atoms with Crippen molar-refractivity contribution in [2.75, 3.05) is 5.32 Å². The molecule has 1 aromatic carbocycles. The second kappa shape index (κ2) is 7.09. The fourth-order valence-corrected chi connectivity index (χ4v) is 4.32. The molecule has 2 aromatic heterocycles. The van der Waals surface area contributed by atoms with Crippen LogP contribution in [0.1, 0.15) is 12.6 Å². The fourth-order valence-electron chi connectivity index (χ4n) is 1.89.